The van der Waals surface area contributed by atoms with Crippen LogP contribution in [0.3, 0.4) is 0 Å². The van der Waals surface area contributed by atoms with Crippen molar-refractivity contribution in [2.75, 3.05) is 0 Å². The fourth-order valence-corrected chi connectivity index (χ4v) is 10.3. The van der Waals surface area contributed by atoms with Gasteiger partial charge in [0.15, 0.2) is 15.8 Å². The van der Waals surface area contributed by atoms with Crippen molar-refractivity contribution in [3.05, 3.63) is 143 Å². The predicted molar refractivity (Wildman–Crippen MR) is 266 cm³/mol. The van der Waals surface area contributed by atoms with E-state index in [1.54, 1.807) is 6.92 Å². The zero-order chi connectivity index (χ0) is 58.2. The second-order valence-electron chi connectivity index (χ2n) is 17.3. The first-order chi connectivity index (χ1) is 37.0. The molecule has 8 rings (SSSR count). The largest absolute Gasteiger partial charge is 0.451 e. The standard InChI is InChI=1S/C24H19F5N6O3S.C19H17F4N5O.C5H3ClFNO2S.ClH/c1-13-17(26)8-20(35(13)39(37,38)22-6-4-16(25)11-32-22)21(36)5-3-14-7-18(31-12-19(14)30-2)15-9-33-23(34-10-15)24(27,28)29;1-10-13(20)6-15(28-10)17(29)4-3-11-5-14(25-9-16(11)24-2)12-7-26-18(27-8-12)19(21,22)23;6-11(9,10)5-2-1-4(7)3-8-5;/h4,6-7,9-13,17,20H,3,5,8H2,1H3;5,7-10,13,15,28H,3-4,6H2,1H3;1-3H;1H/t13-,17+,20-;10-,13+,15-;;/m00../s1. The average Bonchev–Trinajstić information content (AvgIpc) is 4.12. The molecule has 2 aliphatic heterocycles. The number of ketones is 2. The number of carbonyl (C=O) groups is 2. The van der Waals surface area contributed by atoms with Gasteiger partial charge in [0.2, 0.25) is 23.0 Å². The molecule has 32 heteroatoms. The number of nitrogens with zero attached hydrogens (tertiary/aromatic N) is 11. The number of hydrogen-bond donors (Lipinski definition) is 1. The van der Waals surface area contributed by atoms with Gasteiger partial charge >= 0.3 is 12.4 Å². The summed E-state index contributed by atoms with van der Waals surface area (Å²) in [4.78, 5) is 60.4. The highest BCUT2D eigenvalue weighted by atomic mass is 35.7. The number of aromatic nitrogens is 8. The van der Waals surface area contributed by atoms with E-state index < -0.39 is 96.0 Å². The fraction of sp³-hybridized carbons (Fsp3) is 0.333. The van der Waals surface area contributed by atoms with Gasteiger partial charge in [0.25, 0.3) is 19.1 Å². The van der Waals surface area contributed by atoms with Gasteiger partial charge < -0.3 is 5.32 Å². The summed E-state index contributed by atoms with van der Waals surface area (Å²) in [6, 6.07) is 3.26. The van der Waals surface area contributed by atoms with Crippen molar-refractivity contribution in [1.29, 1.82) is 0 Å². The summed E-state index contributed by atoms with van der Waals surface area (Å²) in [6.45, 7) is 17.6. The Morgan fingerprint density at radius 3 is 1.46 bits per heavy atom. The van der Waals surface area contributed by atoms with Crippen LogP contribution >= 0.6 is 23.1 Å². The first kappa shape index (κ1) is 63.6. The van der Waals surface area contributed by atoms with Crippen LogP contribution in [0.2, 0.25) is 0 Å². The monoisotopic (exact) mass is 1200 g/mol. The van der Waals surface area contributed by atoms with Crippen LogP contribution in [0, 0.1) is 24.8 Å². The van der Waals surface area contributed by atoms with Gasteiger partial charge in [0.1, 0.15) is 29.8 Å². The molecule has 80 heavy (non-hydrogen) atoms. The lowest BCUT2D eigenvalue weighted by molar-refractivity contribution is -0.145. The minimum absolute atomic E-state index is 0. The molecule has 6 aromatic rings. The zero-order valence-corrected chi connectivity index (χ0v) is 44.2. The van der Waals surface area contributed by atoms with Crippen LogP contribution in [-0.4, -0.2) is 109 Å². The quantitative estimate of drug-likeness (QED) is 0.0645. The minimum atomic E-state index is -4.73. The van der Waals surface area contributed by atoms with Crippen molar-refractivity contribution in [1.82, 2.24) is 49.5 Å². The average molecular weight is 1210 g/mol. The molecule has 1 N–H and O–H groups in total. The van der Waals surface area contributed by atoms with E-state index in [1.807, 2.05) is 0 Å². The Kier molecular flexibility index (Phi) is 21.0. The number of carbonyl (C=O) groups excluding carboxylic acids is 2. The molecule has 2 saturated heterocycles. The third kappa shape index (κ3) is 16.0. The first-order valence-corrected chi connectivity index (χ1v) is 26.6. The minimum Gasteiger partial charge on any atom is -0.302 e. The molecule has 0 amide bonds. The maximum Gasteiger partial charge on any atom is 0.451 e. The number of Topliss-reactive ketones (excluding diaryl/α,β-unsaturated/α-hetero) is 2. The molecule has 0 radical (unpaired) electrons. The molecular weight excluding hydrogens is 1170 g/mol. The van der Waals surface area contributed by atoms with E-state index in [4.69, 9.17) is 23.8 Å². The fourth-order valence-electron chi connectivity index (χ4n) is 7.86. The van der Waals surface area contributed by atoms with Crippen LogP contribution in [-0.2, 0) is 53.9 Å². The predicted octanol–water partition coefficient (Wildman–Crippen LogP) is 9.60. The van der Waals surface area contributed by atoms with Crippen LogP contribution in [0.1, 0.15) is 62.3 Å². The highest BCUT2D eigenvalue weighted by Gasteiger charge is 2.49. The van der Waals surface area contributed by atoms with Crippen LogP contribution < -0.4 is 5.32 Å². The maximum atomic E-state index is 14.6. The lowest BCUT2D eigenvalue weighted by atomic mass is 10.0. The van der Waals surface area contributed by atoms with E-state index in [1.165, 1.54) is 31.5 Å². The molecule has 0 aliphatic carbocycles. The third-order valence-electron chi connectivity index (χ3n) is 12.0. The number of hydrogen-bond acceptors (Lipinski definition) is 15. The van der Waals surface area contributed by atoms with E-state index in [9.17, 15) is 70.3 Å². The first-order valence-electron chi connectivity index (χ1n) is 22.8. The SMILES string of the molecule is Cl.O=S(=O)(Cl)c1ccc(F)cn1.[C-]#[N+]c1cnc(-c2cnc(C(F)(F)F)nc2)cc1CCC(=O)[C@@H]1C[C@@H](F)[C@H](C)N1.[C-]#[N+]c1cnc(-c2cnc(C(F)(F)F)nc2)cc1CCC(=O)[C@@H]1C[C@@H](F)[C@H](C)N1S(=O)(=O)c1ccc(F)cn1. The van der Waals surface area contributed by atoms with Crippen molar-refractivity contribution in [3.8, 4) is 22.5 Å². The second kappa shape index (κ2) is 26.4. The van der Waals surface area contributed by atoms with Crippen molar-refractivity contribution < 1.29 is 70.3 Å². The van der Waals surface area contributed by atoms with Gasteiger partial charge in [0, 0.05) is 90.7 Å². The number of alkyl halides is 8. The Balaban J connectivity index is 0.000000251. The van der Waals surface area contributed by atoms with E-state index in [2.05, 4.69) is 54.9 Å². The topological polar surface area (TPSA) is 230 Å². The van der Waals surface area contributed by atoms with Crippen molar-refractivity contribution in [2.24, 2.45) is 0 Å². The molecule has 0 aromatic carbocycles. The number of halogens is 12. The van der Waals surface area contributed by atoms with E-state index in [-0.39, 0.29) is 96.0 Å². The Bertz CT molecular complexity index is 3480. The summed E-state index contributed by atoms with van der Waals surface area (Å²) in [5.74, 6) is -4.72. The molecule has 6 aromatic heterocycles. The molecule has 6 atom stereocenters. The van der Waals surface area contributed by atoms with Gasteiger partial charge in [-0.1, -0.05) is 0 Å². The molecule has 0 unspecified atom stereocenters. The molecule has 18 nitrogen and oxygen atoms in total. The molecule has 0 saturated carbocycles. The van der Waals surface area contributed by atoms with Crippen molar-refractivity contribution in [2.45, 2.75) is 111 Å². The summed E-state index contributed by atoms with van der Waals surface area (Å²) >= 11 is 0. The molecule has 0 spiro atoms. The number of rotatable bonds is 13. The molecule has 424 valence electrons. The number of aryl methyl sites for hydroxylation is 2. The maximum absolute atomic E-state index is 14.6. The van der Waals surface area contributed by atoms with Crippen LogP contribution in [0.15, 0.2) is 96.0 Å². The van der Waals surface area contributed by atoms with Gasteiger partial charge in [-0.2, -0.15) is 30.6 Å². The highest BCUT2D eigenvalue weighted by Crippen LogP contribution is 2.35. The summed E-state index contributed by atoms with van der Waals surface area (Å²) in [7, 11) is -3.37. The molecule has 2 aliphatic rings. The van der Waals surface area contributed by atoms with Crippen molar-refractivity contribution >= 4 is 65.1 Å². The zero-order valence-electron chi connectivity index (χ0n) is 41.0. The Labute approximate surface area is 460 Å². The van der Waals surface area contributed by atoms with E-state index in [0.717, 1.165) is 59.6 Å². The summed E-state index contributed by atoms with van der Waals surface area (Å²) in [6.07, 6.45) is -4.49. The highest BCUT2D eigenvalue weighted by molar-refractivity contribution is 8.13. The smallest absolute Gasteiger partial charge is 0.302 e. The lowest BCUT2D eigenvalue weighted by Gasteiger charge is -2.26. The van der Waals surface area contributed by atoms with Gasteiger partial charge in [-0.15, -0.1) is 12.4 Å². The summed E-state index contributed by atoms with van der Waals surface area (Å²) < 4.78 is 178. The molecule has 0 bridgehead atoms. The molecule has 8 heterocycles. The van der Waals surface area contributed by atoms with Gasteiger partial charge in [-0.25, -0.2) is 74.0 Å². The van der Waals surface area contributed by atoms with Crippen molar-refractivity contribution in [3.63, 3.8) is 0 Å². The lowest BCUT2D eigenvalue weighted by Crippen LogP contribution is -2.45. The van der Waals surface area contributed by atoms with Crippen LogP contribution in [0.5, 0.6) is 0 Å². The summed E-state index contributed by atoms with van der Waals surface area (Å²) in [5, 5.41) is 2.04. The number of nitrogens with one attached hydrogen (secondary N) is 1. The number of sulfonamides is 1. The van der Waals surface area contributed by atoms with Crippen LogP contribution in [0.25, 0.3) is 32.2 Å². The Hall–Kier alpha value is -7.22. The number of pyridine rings is 4. The normalized spacial score (nSPS) is 19.2. The van der Waals surface area contributed by atoms with E-state index >= 15 is 0 Å². The third-order valence-corrected chi connectivity index (χ3v) is 15.1. The van der Waals surface area contributed by atoms with Gasteiger partial charge in [0.05, 0.1) is 55.1 Å². The summed E-state index contributed by atoms with van der Waals surface area (Å²) in [5.41, 5.74) is 2.01. The van der Waals surface area contributed by atoms with Gasteiger partial charge in [-0.3, -0.25) is 19.6 Å². The molecular formula is C48H40Cl2F10N12O6S2. The van der Waals surface area contributed by atoms with E-state index in [0.29, 0.717) is 23.0 Å². The Morgan fingerprint density at radius 2 is 1.09 bits per heavy atom. The second-order valence-corrected chi connectivity index (χ2v) is 21.6. The van der Waals surface area contributed by atoms with Gasteiger partial charge in [-0.05, 0) is 74.2 Å². The molecule has 2 fully saturated rings. The Morgan fingerprint density at radius 1 is 0.650 bits per heavy atom. The van der Waals surface area contributed by atoms with Crippen LogP contribution in [0.4, 0.5) is 55.3 Å².